The fourth-order valence-corrected chi connectivity index (χ4v) is 3.45. The van der Waals surface area contributed by atoms with Crippen molar-refractivity contribution in [3.63, 3.8) is 0 Å². The van der Waals surface area contributed by atoms with Crippen LogP contribution in [0, 0.1) is 0 Å². The normalized spacial score (nSPS) is 14.8. The molecule has 23 heavy (non-hydrogen) atoms. The number of nitrogen functional groups attached to an aromatic ring is 1. The molecule has 2 heterocycles. The van der Waals surface area contributed by atoms with Crippen molar-refractivity contribution in [1.29, 1.82) is 0 Å². The summed E-state index contributed by atoms with van der Waals surface area (Å²) < 4.78 is 0. The smallest absolute Gasteiger partial charge is 0.0727 e. The number of nitrogens with two attached hydrogens (primary N) is 1. The molecule has 1 aliphatic heterocycles. The van der Waals surface area contributed by atoms with Gasteiger partial charge in [0.25, 0.3) is 0 Å². The molecule has 0 saturated carbocycles. The maximum absolute atomic E-state index is 6.44. The SMILES string of the molecule is Nc1c2c(nc3ccc(Cl)cc13)CCN(Cc1ccccc1)C2. The fourth-order valence-electron chi connectivity index (χ4n) is 3.28. The van der Waals surface area contributed by atoms with E-state index >= 15 is 0 Å². The van der Waals surface area contributed by atoms with E-state index in [2.05, 4.69) is 29.2 Å². The average molecular weight is 324 g/mol. The predicted octanol–water partition coefficient (Wildman–Crippen LogP) is 4.03. The van der Waals surface area contributed by atoms with Crippen LogP contribution < -0.4 is 5.73 Å². The van der Waals surface area contributed by atoms with Crippen LogP contribution in [0.15, 0.2) is 48.5 Å². The number of anilines is 1. The zero-order valence-corrected chi connectivity index (χ0v) is 13.6. The summed E-state index contributed by atoms with van der Waals surface area (Å²) in [5, 5.41) is 1.65. The number of halogens is 1. The van der Waals surface area contributed by atoms with Crippen molar-refractivity contribution < 1.29 is 0 Å². The molecule has 0 saturated heterocycles. The second-order valence-electron chi connectivity index (χ2n) is 6.06. The summed E-state index contributed by atoms with van der Waals surface area (Å²) in [4.78, 5) is 7.22. The lowest BCUT2D eigenvalue weighted by atomic mass is 10.00. The molecule has 0 unspecified atom stereocenters. The van der Waals surface area contributed by atoms with Gasteiger partial charge in [-0.1, -0.05) is 41.9 Å². The van der Waals surface area contributed by atoms with Crippen LogP contribution >= 0.6 is 11.6 Å². The summed E-state index contributed by atoms with van der Waals surface area (Å²) in [7, 11) is 0. The lowest BCUT2D eigenvalue weighted by molar-refractivity contribution is 0.244. The molecular weight excluding hydrogens is 306 g/mol. The van der Waals surface area contributed by atoms with Crippen molar-refractivity contribution in [1.82, 2.24) is 9.88 Å². The molecule has 2 N–H and O–H groups in total. The number of hydrogen-bond acceptors (Lipinski definition) is 3. The van der Waals surface area contributed by atoms with Crippen LogP contribution in [0.5, 0.6) is 0 Å². The van der Waals surface area contributed by atoms with E-state index in [0.29, 0.717) is 5.02 Å². The van der Waals surface area contributed by atoms with Crippen LogP contribution in [0.1, 0.15) is 16.8 Å². The third-order valence-electron chi connectivity index (χ3n) is 4.47. The molecule has 4 heteroatoms. The Hall–Kier alpha value is -2.10. The largest absolute Gasteiger partial charge is 0.398 e. The molecule has 1 aliphatic rings. The molecule has 1 aromatic heterocycles. The Morgan fingerprint density at radius 1 is 1.13 bits per heavy atom. The second-order valence-corrected chi connectivity index (χ2v) is 6.49. The highest BCUT2D eigenvalue weighted by molar-refractivity contribution is 6.31. The summed E-state index contributed by atoms with van der Waals surface area (Å²) in [6.45, 7) is 2.78. The molecule has 3 nitrogen and oxygen atoms in total. The highest BCUT2D eigenvalue weighted by Gasteiger charge is 2.21. The van der Waals surface area contributed by atoms with Gasteiger partial charge in [-0.05, 0) is 23.8 Å². The van der Waals surface area contributed by atoms with Gasteiger partial charge in [-0.25, -0.2) is 0 Å². The Bertz CT molecular complexity index is 861. The minimum atomic E-state index is 0.697. The van der Waals surface area contributed by atoms with Gasteiger partial charge in [-0.15, -0.1) is 0 Å². The molecular formula is C19H18ClN3. The first kappa shape index (κ1) is 14.5. The van der Waals surface area contributed by atoms with E-state index < -0.39 is 0 Å². The van der Waals surface area contributed by atoms with Crippen LogP contribution in [0.3, 0.4) is 0 Å². The minimum Gasteiger partial charge on any atom is -0.398 e. The number of hydrogen-bond donors (Lipinski definition) is 1. The number of pyridine rings is 1. The monoisotopic (exact) mass is 323 g/mol. The quantitative estimate of drug-likeness (QED) is 0.774. The van der Waals surface area contributed by atoms with Gasteiger partial charge in [0.1, 0.15) is 0 Å². The van der Waals surface area contributed by atoms with Crippen molar-refractivity contribution in [2.45, 2.75) is 19.5 Å². The maximum atomic E-state index is 6.44. The summed E-state index contributed by atoms with van der Waals surface area (Å²) in [5.74, 6) is 0. The third-order valence-corrected chi connectivity index (χ3v) is 4.71. The van der Waals surface area contributed by atoms with Crippen LogP contribution in [0.25, 0.3) is 10.9 Å². The zero-order chi connectivity index (χ0) is 15.8. The third kappa shape index (κ3) is 2.78. The van der Waals surface area contributed by atoms with E-state index in [9.17, 15) is 0 Å². The summed E-state index contributed by atoms with van der Waals surface area (Å²) >= 11 is 6.12. The first-order valence-electron chi connectivity index (χ1n) is 7.83. The van der Waals surface area contributed by atoms with E-state index in [1.165, 1.54) is 5.56 Å². The van der Waals surface area contributed by atoms with Crippen molar-refractivity contribution in [3.8, 4) is 0 Å². The van der Waals surface area contributed by atoms with E-state index in [1.54, 1.807) is 0 Å². The molecule has 116 valence electrons. The number of benzene rings is 2. The molecule has 0 atom stereocenters. The van der Waals surface area contributed by atoms with Crippen molar-refractivity contribution in [3.05, 3.63) is 70.4 Å². The summed E-state index contributed by atoms with van der Waals surface area (Å²) in [5.41, 5.74) is 11.8. The molecule has 0 radical (unpaired) electrons. The van der Waals surface area contributed by atoms with Gasteiger partial charge in [-0.3, -0.25) is 9.88 Å². The Morgan fingerprint density at radius 2 is 1.96 bits per heavy atom. The molecule has 0 aliphatic carbocycles. The molecule has 0 amide bonds. The van der Waals surface area contributed by atoms with Gasteiger partial charge in [0.05, 0.1) is 5.52 Å². The van der Waals surface area contributed by atoms with Crippen LogP contribution in [0.2, 0.25) is 5.02 Å². The van der Waals surface area contributed by atoms with E-state index in [1.807, 2.05) is 24.3 Å². The van der Waals surface area contributed by atoms with Crippen LogP contribution in [0.4, 0.5) is 5.69 Å². The number of rotatable bonds is 2. The minimum absolute atomic E-state index is 0.697. The van der Waals surface area contributed by atoms with E-state index in [4.69, 9.17) is 22.3 Å². The Kier molecular flexibility index (Phi) is 3.68. The number of aromatic nitrogens is 1. The first-order valence-corrected chi connectivity index (χ1v) is 8.21. The summed E-state index contributed by atoms with van der Waals surface area (Å²) in [6, 6.07) is 16.3. The van der Waals surface area contributed by atoms with Gasteiger partial charge in [-0.2, -0.15) is 0 Å². The van der Waals surface area contributed by atoms with E-state index in [-0.39, 0.29) is 0 Å². The van der Waals surface area contributed by atoms with Crippen LogP contribution in [-0.4, -0.2) is 16.4 Å². The van der Waals surface area contributed by atoms with Crippen molar-refractivity contribution >= 4 is 28.2 Å². The molecule has 2 aromatic carbocycles. The maximum Gasteiger partial charge on any atom is 0.0727 e. The topological polar surface area (TPSA) is 42.1 Å². The van der Waals surface area contributed by atoms with Crippen LogP contribution in [-0.2, 0) is 19.5 Å². The number of nitrogens with zero attached hydrogens (tertiary/aromatic N) is 2. The molecule has 4 rings (SSSR count). The Morgan fingerprint density at radius 3 is 2.78 bits per heavy atom. The van der Waals surface area contributed by atoms with Crippen molar-refractivity contribution in [2.75, 3.05) is 12.3 Å². The molecule has 0 spiro atoms. The van der Waals surface area contributed by atoms with Crippen molar-refractivity contribution in [2.24, 2.45) is 0 Å². The second kappa shape index (κ2) is 5.84. The van der Waals surface area contributed by atoms with Gasteiger partial charge in [0.15, 0.2) is 0 Å². The molecule has 0 fully saturated rings. The van der Waals surface area contributed by atoms with Gasteiger partial charge < -0.3 is 5.73 Å². The highest BCUT2D eigenvalue weighted by atomic mass is 35.5. The lowest BCUT2D eigenvalue weighted by Gasteiger charge is -2.29. The predicted molar refractivity (Wildman–Crippen MR) is 95.4 cm³/mol. The van der Waals surface area contributed by atoms with Gasteiger partial charge in [0.2, 0.25) is 0 Å². The Balaban J connectivity index is 1.68. The average Bonchev–Trinajstić information content (AvgIpc) is 2.57. The first-order chi connectivity index (χ1) is 11.2. The number of fused-ring (bicyclic) bond motifs is 2. The standard InChI is InChI=1S/C19H18ClN3/c20-14-6-7-17-15(10-14)19(21)16-12-23(9-8-18(16)22-17)11-13-4-2-1-3-5-13/h1-7,10H,8-9,11-12H2,(H2,21,22). The summed E-state index contributed by atoms with van der Waals surface area (Å²) in [6.07, 6.45) is 0.935. The molecule has 3 aromatic rings. The fraction of sp³-hybridized carbons (Fsp3) is 0.211. The van der Waals surface area contributed by atoms with E-state index in [0.717, 1.165) is 53.9 Å². The van der Waals surface area contributed by atoms with Gasteiger partial charge in [0, 0.05) is 53.4 Å². The Labute approximate surface area is 140 Å². The van der Waals surface area contributed by atoms with Gasteiger partial charge >= 0.3 is 0 Å². The highest BCUT2D eigenvalue weighted by Crippen LogP contribution is 2.31. The zero-order valence-electron chi connectivity index (χ0n) is 12.8. The molecule has 0 bridgehead atoms. The lowest BCUT2D eigenvalue weighted by Crippen LogP contribution is -2.31.